The summed E-state index contributed by atoms with van der Waals surface area (Å²) in [5, 5.41) is 0. The number of hydrogen-bond donors (Lipinski definition) is 1. The summed E-state index contributed by atoms with van der Waals surface area (Å²) < 4.78 is 5.68. The van der Waals surface area contributed by atoms with E-state index in [0.717, 1.165) is 24.4 Å². The molecular formula is C15H25N3O. The van der Waals surface area contributed by atoms with Crippen LogP contribution in [0.3, 0.4) is 0 Å². The topological polar surface area (TPSA) is 61.0 Å². The van der Waals surface area contributed by atoms with Gasteiger partial charge in [0.15, 0.2) is 5.82 Å². The van der Waals surface area contributed by atoms with E-state index in [9.17, 15) is 0 Å². The van der Waals surface area contributed by atoms with Gasteiger partial charge in [-0.15, -0.1) is 0 Å². The molecule has 1 aliphatic carbocycles. The number of aromatic nitrogens is 2. The van der Waals surface area contributed by atoms with Crippen LogP contribution in [0.25, 0.3) is 0 Å². The number of methoxy groups -OCH3 is 1. The molecule has 0 saturated heterocycles. The molecule has 1 aromatic heterocycles. The maximum Gasteiger partial charge on any atom is 0.159 e. The third-order valence-corrected chi connectivity index (χ3v) is 3.91. The Kier molecular flexibility index (Phi) is 5.14. The summed E-state index contributed by atoms with van der Waals surface area (Å²) in [4.78, 5) is 9.06. The van der Waals surface area contributed by atoms with Gasteiger partial charge >= 0.3 is 0 Å². The minimum absolute atomic E-state index is 0.000550. The summed E-state index contributed by atoms with van der Waals surface area (Å²) in [6, 6.07) is 1.88. The third-order valence-electron chi connectivity index (χ3n) is 3.91. The second-order valence-corrected chi connectivity index (χ2v) is 5.45. The standard InChI is InChI=1S/C15H25N3O/c1-3-7-12-10-13(16)18-15(17-12)14(19-2)11-8-5-4-6-9-11/h10-11,14H,3-9H2,1-2H3,(H2,16,17,18). The van der Waals surface area contributed by atoms with Crippen molar-refractivity contribution in [2.75, 3.05) is 12.8 Å². The first-order valence-corrected chi connectivity index (χ1v) is 7.40. The molecule has 0 amide bonds. The van der Waals surface area contributed by atoms with Crippen molar-refractivity contribution in [3.63, 3.8) is 0 Å². The molecule has 1 unspecified atom stereocenters. The van der Waals surface area contributed by atoms with Crippen molar-refractivity contribution in [3.8, 4) is 0 Å². The number of nitrogens with two attached hydrogens (primary N) is 1. The van der Waals surface area contributed by atoms with Gasteiger partial charge in [0.25, 0.3) is 0 Å². The zero-order valence-electron chi connectivity index (χ0n) is 12.1. The quantitative estimate of drug-likeness (QED) is 0.885. The number of anilines is 1. The number of nitrogen functional groups attached to an aromatic ring is 1. The molecule has 1 heterocycles. The fraction of sp³-hybridized carbons (Fsp3) is 0.733. The lowest BCUT2D eigenvalue weighted by molar-refractivity contribution is 0.0289. The van der Waals surface area contributed by atoms with E-state index in [1.54, 1.807) is 7.11 Å². The van der Waals surface area contributed by atoms with Crippen molar-refractivity contribution in [1.29, 1.82) is 0 Å². The average molecular weight is 263 g/mol. The molecule has 0 spiro atoms. The van der Waals surface area contributed by atoms with Crippen LogP contribution in [-0.2, 0) is 11.2 Å². The van der Waals surface area contributed by atoms with Crippen LogP contribution in [0.1, 0.15) is 63.1 Å². The number of rotatable bonds is 5. The van der Waals surface area contributed by atoms with Crippen LogP contribution in [0.2, 0.25) is 0 Å². The fourth-order valence-electron chi connectivity index (χ4n) is 3.00. The number of aryl methyl sites for hydroxylation is 1. The highest BCUT2D eigenvalue weighted by molar-refractivity contribution is 5.30. The second kappa shape index (κ2) is 6.85. The summed E-state index contributed by atoms with van der Waals surface area (Å²) in [5.41, 5.74) is 6.94. The predicted molar refractivity (Wildman–Crippen MR) is 76.8 cm³/mol. The van der Waals surface area contributed by atoms with Crippen molar-refractivity contribution in [2.45, 2.75) is 58.0 Å². The maximum atomic E-state index is 5.91. The SMILES string of the molecule is CCCc1cc(N)nc(C(OC)C2CCCCC2)n1. The Labute approximate surface area is 115 Å². The zero-order chi connectivity index (χ0) is 13.7. The van der Waals surface area contributed by atoms with E-state index in [1.807, 2.05) is 6.07 Å². The van der Waals surface area contributed by atoms with E-state index in [-0.39, 0.29) is 6.10 Å². The van der Waals surface area contributed by atoms with Gasteiger partial charge in [-0.05, 0) is 25.2 Å². The summed E-state index contributed by atoms with van der Waals surface area (Å²) >= 11 is 0. The van der Waals surface area contributed by atoms with E-state index in [2.05, 4.69) is 16.9 Å². The van der Waals surface area contributed by atoms with Crippen LogP contribution in [0.4, 0.5) is 5.82 Å². The van der Waals surface area contributed by atoms with Gasteiger partial charge in [0.1, 0.15) is 11.9 Å². The molecule has 0 radical (unpaired) electrons. The van der Waals surface area contributed by atoms with Gasteiger partial charge in [0.2, 0.25) is 0 Å². The molecule has 1 atom stereocenters. The molecule has 1 aromatic rings. The van der Waals surface area contributed by atoms with Gasteiger partial charge < -0.3 is 10.5 Å². The molecule has 4 nitrogen and oxygen atoms in total. The zero-order valence-corrected chi connectivity index (χ0v) is 12.1. The molecule has 1 saturated carbocycles. The monoisotopic (exact) mass is 263 g/mol. The number of nitrogens with zero attached hydrogens (tertiary/aromatic N) is 2. The van der Waals surface area contributed by atoms with Gasteiger partial charge in [0, 0.05) is 18.9 Å². The Hall–Kier alpha value is -1.16. The Morgan fingerprint density at radius 3 is 2.68 bits per heavy atom. The molecule has 0 aromatic carbocycles. The van der Waals surface area contributed by atoms with E-state index in [1.165, 1.54) is 32.1 Å². The highest BCUT2D eigenvalue weighted by Gasteiger charge is 2.27. The first kappa shape index (κ1) is 14.3. The van der Waals surface area contributed by atoms with Crippen molar-refractivity contribution in [2.24, 2.45) is 5.92 Å². The Balaban J connectivity index is 2.21. The van der Waals surface area contributed by atoms with Crippen LogP contribution in [-0.4, -0.2) is 17.1 Å². The molecule has 1 fully saturated rings. The summed E-state index contributed by atoms with van der Waals surface area (Å²) in [7, 11) is 1.76. The third kappa shape index (κ3) is 3.66. The van der Waals surface area contributed by atoms with Crippen LogP contribution in [0, 0.1) is 5.92 Å². The lowest BCUT2D eigenvalue weighted by Crippen LogP contribution is -2.21. The molecule has 0 aliphatic heterocycles. The summed E-state index contributed by atoms with van der Waals surface area (Å²) in [6.45, 7) is 2.15. The molecule has 4 heteroatoms. The molecule has 1 aliphatic rings. The van der Waals surface area contributed by atoms with Crippen LogP contribution in [0.5, 0.6) is 0 Å². The molecule has 106 valence electrons. The Morgan fingerprint density at radius 1 is 1.32 bits per heavy atom. The average Bonchev–Trinajstić information content (AvgIpc) is 2.40. The molecule has 2 N–H and O–H groups in total. The van der Waals surface area contributed by atoms with Crippen LogP contribution < -0.4 is 5.73 Å². The van der Waals surface area contributed by atoms with E-state index in [0.29, 0.717) is 11.7 Å². The van der Waals surface area contributed by atoms with Gasteiger partial charge in [-0.3, -0.25) is 0 Å². The molecule has 2 rings (SSSR count). The first-order valence-electron chi connectivity index (χ1n) is 7.40. The Morgan fingerprint density at radius 2 is 2.05 bits per heavy atom. The smallest absolute Gasteiger partial charge is 0.159 e. The van der Waals surface area contributed by atoms with Gasteiger partial charge in [-0.2, -0.15) is 0 Å². The highest BCUT2D eigenvalue weighted by Crippen LogP contribution is 2.35. The highest BCUT2D eigenvalue weighted by atomic mass is 16.5. The number of ether oxygens (including phenoxy) is 1. The summed E-state index contributed by atoms with van der Waals surface area (Å²) in [5.74, 6) is 1.87. The second-order valence-electron chi connectivity index (χ2n) is 5.45. The molecular weight excluding hydrogens is 238 g/mol. The minimum Gasteiger partial charge on any atom is -0.384 e. The molecule has 19 heavy (non-hydrogen) atoms. The largest absolute Gasteiger partial charge is 0.384 e. The maximum absolute atomic E-state index is 5.91. The molecule has 0 bridgehead atoms. The van der Waals surface area contributed by atoms with Crippen molar-refractivity contribution >= 4 is 5.82 Å². The first-order chi connectivity index (χ1) is 9.24. The minimum atomic E-state index is -0.000550. The van der Waals surface area contributed by atoms with Gasteiger partial charge in [-0.1, -0.05) is 32.6 Å². The predicted octanol–water partition coefficient (Wildman–Crippen LogP) is 3.28. The van der Waals surface area contributed by atoms with E-state index < -0.39 is 0 Å². The van der Waals surface area contributed by atoms with Crippen molar-refractivity contribution < 1.29 is 4.74 Å². The van der Waals surface area contributed by atoms with Crippen LogP contribution >= 0.6 is 0 Å². The Bertz CT molecular complexity index is 402. The van der Waals surface area contributed by atoms with Gasteiger partial charge in [0.05, 0.1) is 0 Å². The lowest BCUT2D eigenvalue weighted by atomic mass is 9.85. The van der Waals surface area contributed by atoms with E-state index >= 15 is 0 Å². The summed E-state index contributed by atoms with van der Waals surface area (Å²) in [6.07, 6.45) is 8.34. The van der Waals surface area contributed by atoms with Crippen LogP contribution in [0.15, 0.2) is 6.07 Å². The lowest BCUT2D eigenvalue weighted by Gasteiger charge is -2.28. The fourth-order valence-corrected chi connectivity index (χ4v) is 3.00. The van der Waals surface area contributed by atoms with Crippen molar-refractivity contribution in [3.05, 3.63) is 17.6 Å². The normalized spacial score (nSPS) is 18.4. The number of hydrogen-bond acceptors (Lipinski definition) is 4. The van der Waals surface area contributed by atoms with E-state index in [4.69, 9.17) is 10.5 Å². The van der Waals surface area contributed by atoms with Gasteiger partial charge in [-0.25, -0.2) is 9.97 Å². The van der Waals surface area contributed by atoms with Crippen molar-refractivity contribution in [1.82, 2.24) is 9.97 Å².